The molecule has 1 rings (SSSR count). The topological polar surface area (TPSA) is 17.8 Å². The van der Waals surface area contributed by atoms with Crippen LogP contribution < -0.4 is 0 Å². The largest absolute Gasteiger partial charge is 0.270 e. The van der Waals surface area contributed by atoms with Gasteiger partial charge in [-0.1, -0.05) is 5.92 Å². The zero-order chi connectivity index (χ0) is 10.0. The zero-order valence-electron chi connectivity index (χ0n) is 8.76. The molecule has 1 aromatic rings. The summed E-state index contributed by atoms with van der Waals surface area (Å²) in [6, 6.07) is 0. The van der Waals surface area contributed by atoms with Crippen molar-refractivity contribution in [3.8, 4) is 12.3 Å². The van der Waals surface area contributed by atoms with Gasteiger partial charge >= 0.3 is 0 Å². The number of hydrogen-bond donors (Lipinski definition) is 0. The summed E-state index contributed by atoms with van der Waals surface area (Å²) in [4.78, 5) is 0. The van der Waals surface area contributed by atoms with Gasteiger partial charge in [-0.2, -0.15) is 5.10 Å². The third kappa shape index (κ3) is 1.60. The average Bonchev–Trinajstić information content (AvgIpc) is 2.40. The van der Waals surface area contributed by atoms with Crippen molar-refractivity contribution in [2.75, 3.05) is 0 Å². The van der Waals surface area contributed by atoms with Crippen molar-refractivity contribution in [1.29, 1.82) is 0 Å². The molecule has 0 spiro atoms. The van der Waals surface area contributed by atoms with E-state index in [1.54, 1.807) is 0 Å². The van der Waals surface area contributed by atoms with Gasteiger partial charge in [0, 0.05) is 23.7 Å². The summed E-state index contributed by atoms with van der Waals surface area (Å²) in [5, 5.41) is 4.42. The second-order valence-corrected chi connectivity index (χ2v) is 3.29. The number of aryl methyl sites for hydroxylation is 2. The van der Waals surface area contributed by atoms with E-state index in [1.165, 1.54) is 11.3 Å². The van der Waals surface area contributed by atoms with Gasteiger partial charge in [0.1, 0.15) is 0 Å². The molecule has 1 aromatic heterocycles. The first-order valence-corrected chi connectivity index (χ1v) is 4.61. The molecule has 0 aliphatic heterocycles. The molecule has 13 heavy (non-hydrogen) atoms. The van der Waals surface area contributed by atoms with E-state index in [2.05, 4.69) is 24.9 Å². The van der Waals surface area contributed by atoms with Crippen LogP contribution in [0.1, 0.15) is 36.7 Å². The second-order valence-electron chi connectivity index (χ2n) is 3.29. The van der Waals surface area contributed by atoms with Gasteiger partial charge in [-0.05, 0) is 27.7 Å². The lowest BCUT2D eigenvalue weighted by atomic mass is 10.0. The highest BCUT2D eigenvalue weighted by molar-refractivity contribution is 5.33. The van der Waals surface area contributed by atoms with Crippen molar-refractivity contribution >= 4 is 0 Å². The van der Waals surface area contributed by atoms with Gasteiger partial charge in [0.05, 0.1) is 5.69 Å². The Morgan fingerprint density at radius 2 is 2.15 bits per heavy atom. The maximum atomic E-state index is 5.41. The summed E-state index contributed by atoms with van der Waals surface area (Å²) < 4.78 is 2.00. The average molecular weight is 176 g/mol. The molecule has 1 heterocycles. The number of rotatable bonds is 2. The Kier molecular flexibility index (Phi) is 2.77. The quantitative estimate of drug-likeness (QED) is 0.632. The van der Waals surface area contributed by atoms with Gasteiger partial charge < -0.3 is 0 Å². The molecular formula is C11H16N2. The minimum atomic E-state index is 0.167. The summed E-state index contributed by atoms with van der Waals surface area (Å²) in [6.07, 6.45) is 5.41. The molecule has 2 heteroatoms. The van der Waals surface area contributed by atoms with E-state index in [9.17, 15) is 0 Å². The van der Waals surface area contributed by atoms with Crippen LogP contribution in [0.25, 0.3) is 0 Å². The molecule has 0 bridgehead atoms. The van der Waals surface area contributed by atoms with Crippen LogP contribution in [0.15, 0.2) is 0 Å². The Bertz CT molecular complexity index is 342. The molecule has 1 atom stereocenters. The van der Waals surface area contributed by atoms with Crippen LogP contribution in [-0.2, 0) is 6.54 Å². The molecule has 0 aromatic carbocycles. The van der Waals surface area contributed by atoms with E-state index < -0.39 is 0 Å². The Morgan fingerprint density at radius 1 is 1.54 bits per heavy atom. The summed E-state index contributed by atoms with van der Waals surface area (Å²) in [6.45, 7) is 9.12. The fraction of sp³-hybridized carbons (Fsp3) is 0.545. The van der Waals surface area contributed by atoms with Crippen molar-refractivity contribution in [2.24, 2.45) is 0 Å². The number of aromatic nitrogens is 2. The Labute approximate surface area is 80.0 Å². The van der Waals surface area contributed by atoms with E-state index in [0.29, 0.717) is 0 Å². The minimum absolute atomic E-state index is 0.167. The maximum absolute atomic E-state index is 5.41. The highest BCUT2D eigenvalue weighted by Gasteiger charge is 2.14. The van der Waals surface area contributed by atoms with Gasteiger partial charge in [0.2, 0.25) is 0 Å². The lowest BCUT2D eigenvalue weighted by molar-refractivity contribution is 0.633. The minimum Gasteiger partial charge on any atom is -0.270 e. The van der Waals surface area contributed by atoms with Crippen LogP contribution in [-0.4, -0.2) is 9.78 Å². The Morgan fingerprint density at radius 3 is 2.54 bits per heavy atom. The Balaban J connectivity index is 3.22. The van der Waals surface area contributed by atoms with Gasteiger partial charge in [-0.3, -0.25) is 4.68 Å². The Hall–Kier alpha value is -1.23. The molecule has 0 saturated heterocycles. The third-order valence-electron chi connectivity index (χ3n) is 2.42. The summed E-state index contributed by atoms with van der Waals surface area (Å²) in [7, 11) is 0. The first kappa shape index (κ1) is 9.85. The summed E-state index contributed by atoms with van der Waals surface area (Å²) >= 11 is 0. The van der Waals surface area contributed by atoms with Gasteiger partial charge in [0.15, 0.2) is 0 Å². The number of hydrogen-bond acceptors (Lipinski definition) is 1. The predicted octanol–water partition coefficient (Wildman–Crippen LogP) is 2.26. The van der Waals surface area contributed by atoms with E-state index >= 15 is 0 Å². The van der Waals surface area contributed by atoms with E-state index in [4.69, 9.17) is 6.42 Å². The standard InChI is InChI=1S/C11H16N2/c1-6-8(3)11-9(4)12-13(7-2)10(11)5/h1,8H,7H2,2-5H3. The fourth-order valence-electron chi connectivity index (χ4n) is 1.73. The molecule has 0 radical (unpaired) electrons. The van der Waals surface area contributed by atoms with Crippen molar-refractivity contribution in [3.05, 3.63) is 17.0 Å². The SMILES string of the molecule is C#CC(C)c1c(C)nn(CC)c1C. The fourth-order valence-corrected chi connectivity index (χ4v) is 1.73. The van der Waals surface area contributed by atoms with Crippen molar-refractivity contribution < 1.29 is 0 Å². The van der Waals surface area contributed by atoms with E-state index in [-0.39, 0.29) is 5.92 Å². The molecule has 0 aliphatic rings. The van der Waals surface area contributed by atoms with Gasteiger partial charge in [-0.25, -0.2) is 0 Å². The maximum Gasteiger partial charge on any atom is 0.0640 e. The molecular weight excluding hydrogens is 160 g/mol. The van der Waals surface area contributed by atoms with E-state index in [0.717, 1.165) is 12.2 Å². The monoisotopic (exact) mass is 176 g/mol. The first-order chi connectivity index (χ1) is 6.11. The molecule has 0 aliphatic carbocycles. The van der Waals surface area contributed by atoms with Gasteiger partial charge in [0.25, 0.3) is 0 Å². The number of terminal acetylenes is 1. The van der Waals surface area contributed by atoms with Crippen molar-refractivity contribution in [1.82, 2.24) is 9.78 Å². The van der Waals surface area contributed by atoms with Crippen LogP contribution in [0.3, 0.4) is 0 Å². The molecule has 0 amide bonds. The molecule has 70 valence electrons. The smallest absolute Gasteiger partial charge is 0.0640 e. The zero-order valence-corrected chi connectivity index (χ0v) is 8.76. The summed E-state index contributed by atoms with van der Waals surface area (Å²) in [5.41, 5.74) is 3.47. The van der Waals surface area contributed by atoms with Gasteiger partial charge in [-0.15, -0.1) is 6.42 Å². The summed E-state index contributed by atoms with van der Waals surface area (Å²) in [5.74, 6) is 2.91. The predicted molar refractivity (Wildman–Crippen MR) is 54.6 cm³/mol. The first-order valence-electron chi connectivity index (χ1n) is 4.61. The molecule has 0 fully saturated rings. The van der Waals surface area contributed by atoms with Crippen LogP contribution in [0, 0.1) is 26.2 Å². The van der Waals surface area contributed by atoms with Crippen LogP contribution >= 0.6 is 0 Å². The highest BCUT2D eigenvalue weighted by atomic mass is 15.3. The molecule has 0 N–H and O–H groups in total. The van der Waals surface area contributed by atoms with Crippen molar-refractivity contribution in [2.45, 2.75) is 40.2 Å². The molecule has 1 unspecified atom stereocenters. The van der Waals surface area contributed by atoms with Crippen LogP contribution in [0.5, 0.6) is 0 Å². The third-order valence-corrected chi connectivity index (χ3v) is 2.42. The molecule has 2 nitrogen and oxygen atoms in total. The normalized spacial score (nSPS) is 12.5. The second kappa shape index (κ2) is 3.66. The van der Waals surface area contributed by atoms with Crippen LogP contribution in [0.2, 0.25) is 0 Å². The van der Waals surface area contributed by atoms with Crippen molar-refractivity contribution in [3.63, 3.8) is 0 Å². The lowest BCUT2D eigenvalue weighted by Crippen LogP contribution is -2.00. The number of nitrogens with zero attached hydrogens (tertiary/aromatic N) is 2. The van der Waals surface area contributed by atoms with E-state index in [1.807, 2.05) is 18.5 Å². The lowest BCUT2D eigenvalue weighted by Gasteiger charge is -2.04. The van der Waals surface area contributed by atoms with Crippen LogP contribution in [0.4, 0.5) is 0 Å². The molecule has 0 saturated carbocycles. The highest BCUT2D eigenvalue weighted by Crippen LogP contribution is 2.22.